The van der Waals surface area contributed by atoms with Gasteiger partial charge in [-0.2, -0.15) is 0 Å². The minimum absolute atomic E-state index is 0.344. The summed E-state index contributed by atoms with van der Waals surface area (Å²) in [6.45, 7) is 15.6. The Hall–Kier alpha value is -1.65. The summed E-state index contributed by atoms with van der Waals surface area (Å²) in [6.07, 6.45) is 0. The molecule has 3 rings (SSSR count). The molecule has 0 saturated carbocycles. The Morgan fingerprint density at radius 3 is 1.50 bits per heavy atom. The third-order valence-electron chi connectivity index (χ3n) is 4.54. The highest BCUT2D eigenvalue weighted by Gasteiger charge is 2.51. The van der Waals surface area contributed by atoms with E-state index < -0.39 is 7.12 Å². The van der Waals surface area contributed by atoms with Crippen LogP contribution in [0.2, 0.25) is 0 Å². The van der Waals surface area contributed by atoms with Gasteiger partial charge < -0.3 is 18.6 Å². The van der Waals surface area contributed by atoms with Crippen LogP contribution in [0.4, 0.5) is 0 Å². The third-order valence-corrected chi connectivity index (χ3v) is 4.54. The van der Waals surface area contributed by atoms with Crippen LogP contribution in [0.3, 0.4) is 0 Å². The fraction of sp³-hybridized carbons (Fsp3) is 0.375. The molecule has 0 N–H and O–H groups in total. The molecule has 4 nitrogen and oxygen atoms in total. The Morgan fingerprint density at radius 2 is 1.09 bits per heavy atom. The van der Waals surface area contributed by atoms with Crippen LogP contribution in [0.15, 0.2) is 48.9 Å². The Bertz CT molecular complexity index is 590. The van der Waals surface area contributed by atoms with Gasteiger partial charge >= 0.3 is 14.2 Å². The summed E-state index contributed by atoms with van der Waals surface area (Å²) in [6, 6.07) is 7.82. The molecule has 0 radical (unpaired) electrons. The van der Waals surface area contributed by atoms with Crippen LogP contribution in [-0.4, -0.2) is 25.4 Å². The van der Waals surface area contributed by atoms with E-state index in [-0.39, 0.29) is 18.3 Å². The van der Waals surface area contributed by atoms with Crippen molar-refractivity contribution < 1.29 is 18.6 Å². The zero-order valence-corrected chi connectivity index (χ0v) is 13.5. The average molecular weight is 298 g/mol. The summed E-state index contributed by atoms with van der Waals surface area (Å²) < 4.78 is 23.1. The van der Waals surface area contributed by atoms with Gasteiger partial charge in [-0.1, -0.05) is 37.4 Å². The molecule has 1 aromatic carbocycles. The predicted octanol–water partition coefficient (Wildman–Crippen LogP) is 1.76. The Labute approximate surface area is 132 Å². The Morgan fingerprint density at radius 1 is 0.727 bits per heavy atom. The normalized spacial score (nSPS) is 22.7. The zero-order valence-electron chi connectivity index (χ0n) is 13.5. The summed E-state index contributed by atoms with van der Waals surface area (Å²) in [4.78, 5) is 0. The minimum atomic E-state index is -0.479. The van der Waals surface area contributed by atoms with Crippen LogP contribution in [0, 0.1) is 0 Å². The van der Waals surface area contributed by atoms with Gasteiger partial charge in [-0.3, -0.25) is 0 Å². The third kappa shape index (κ3) is 2.46. The van der Waals surface area contributed by atoms with Crippen molar-refractivity contribution in [1.82, 2.24) is 0 Å². The van der Waals surface area contributed by atoms with Crippen LogP contribution in [0.25, 0.3) is 0 Å². The fourth-order valence-corrected chi connectivity index (χ4v) is 2.34. The molecule has 0 spiro atoms. The molecule has 2 saturated heterocycles. The monoisotopic (exact) mass is 298 g/mol. The van der Waals surface area contributed by atoms with Gasteiger partial charge in [0.2, 0.25) is 0 Å². The maximum absolute atomic E-state index is 6.04. The van der Waals surface area contributed by atoms with Gasteiger partial charge in [0.15, 0.2) is 0 Å². The molecule has 0 amide bonds. The van der Waals surface area contributed by atoms with Crippen molar-refractivity contribution in [1.29, 1.82) is 0 Å². The number of hydrogen-bond donors (Lipinski definition) is 0. The van der Waals surface area contributed by atoms with Gasteiger partial charge in [0.25, 0.3) is 0 Å². The Kier molecular flexibility index (Phi) is 3.42. The standard InChI is InChI=1S/C16H20B2O4/c1-11-12(2)20-17(19-11)13-7-9-14(10-8-13)18-21-15(3,4)16(5,6)22-18/h7-10H,1-2H2,3-6H3. The van der Waals surface area contributed by atoms with E-state index in [0.717, 1.165) is 10.9 Å². The van der Waals surface area contributed by atoms with E-state index in [4.69, 9.17) is 18.6 Å². The molecule has 2 fully saturated rings. The minimum Gasteiger partial charge on any atom is -0.520 e. The molecule has 0 unspecified atom stereocenters. The van der Waals surface area contributed by atoms with Gasteiger partial charge in [-0.05, 0) is 33.2 Å². The van der Waals surface area contributed by atoms with Crippen molar-refractivity contribution in [2.75, 3.05) is 0 Å². The van der Waals surface area contributed by atoms with Gasteiger partial charge in [-0.15, -0.1) is 0 Å². The maximum atomic E-state index is 6.04. The van der Waals surface area contributed by atoms with E-state index in [9.17, 15) is 0 Å². The molecule has 22 heavy (non-hydrogen) atoms. The van der Waals surface area contributed by atoms with Crippen molar-refractivity contribution in [2.45, 2.75) is 38.9 Å². The van der Waals surface area contributed by atoms with Crippen LogP contribution < -0.4 is 10.9 Å². The molecule has 2 aliphatic heterocycles. The quantitative estimate of drug-likeness (QED) is 0.780. The highest BCUT2D eigenvalue weighted by Crippen LogP contribution is 2.36. The van der Waals surface area contributed by atoms with Crippen molar-refractivity contribution in [3.63, 3.8) is 0 Å². The first-order valence-corrected chi connectivity index (χ1v) is 7.37. The van der Waals surface area contributed by atoms with Crippen LogP contribution in [0.1, 0.15) is 27.7 Å². The maximum Gasteiger partial charge on any atom is 0.632 e. The van der Waals surface area contributed by atoms with Crippen LogP contribution in [0.5, 0.6) is 0 Å². The van der Waals surface area contributed by atoms with Crippen LogP contribution in [-0.2, 0) is 18.6 Å². The first-order chi connectivity index (χ1) is 10.2. The molecule has 0 aliphatic carbocycles. The lowest BCUT2D eigenvalue weighted by molar-refractivity contribution is 0.00578. The van der Waals surface area contributed by atoms with Crippen LogP contribution >= 0.6 is 0 Å². The lowest BCUT2D eigenvalue weighted by atomic mass is 9.74. The second-order valence-electron chi connectivity index (χ2n) is 6.67. The molecule has 2 heterocycles. The highest BCUT2D eigenvalue weighted by atomic mass is 16.7. The summed E-state index contributed by atoms with van der Waals surface area (Å²) in [5.74, 6) is 0.945. The van der Waals surface area contributed by atoms with E-state index in [1.165, 1.54) is 0 Å². The lowest BCUT2D eigenvalue weighted by Crippen LogP contribution is -2.41. The summed E-state index contributed by atoms with van der Waals surface area (Å²) in [5.41, 5.74) is 1.19. The van der Waals surface area contributed by atoms with E-state index in [1.54, 1.807) is 0 Å². The van der Waals surface area contributed by atoms with E-state index in [1.807, 2.05) is 52.0 Å². The molecule has 0 atom stereocenters. The predicted molar refractivity (Wildman–Crippen MR) is 88.0 cm³/mol. The molecule has 6 heteroatoms. The fourth-order valence-electron chi connectivity index (χ4n) is 2.34. The zero-order chi connectivity index (χ0) is 16.1. The first kappa shape index (κ1) is 15.3. The molecule has 1 aromatic rings. The van der Waals surface area contributed by atoms with Crippen molar-refractivity contribution in [3.05, 3.63) is 48.9 Å². The lowest BCUT2D eigenvalue weighted by Gasteiger charge is -2.32. The topological polar surface area (TPSA) is 36.9 Å². The van der Waals surface area contributed by atoms with Crippen molar-refractivity contribution in [2.24, 2.45) is 0 Å². The first-order valence-electron chi connectivity index (χ1n) is 7.37. The SMILES string of the molecule is C=C1OB(c2ccc(B3OC(C)(C)C(C)(C)O3)cc2)OC1=C. The second kappa shape index (κ2) is 4.93. The van der Waals surface area contributed by atoms with Gasteiger partial charge in [-0.25, -0.2) is 0 Å². The number of benzene rings is 1. The highest BCUT2D eigenvalue weighted by molar-refractivity contribution is 6.64. The molecule has 0 aromatic heterocycles. The van der Waals surface area contributed by atoms with Gasteiger partial charge in [0, 0.05) is 5.46 Å². The van der Waals surface area contributed by atoms with Crippen molar-refractivity contribution in [3.8, 4) is 0 Å². The van der Waals surface area contributed by atoms with Gasteiger partial charge in [0.05, 0.1) is 11.2 Å². The summed E-state index contributed by atoms with van der Waals surface area (Å²) in [7, 11) is -0.846. The van der Waals surface area contributed by atoms with Crippen molar-refractivity contribution >= 4 is 25.2 Å². The van der Waals surface area contributed by atoms with E-state index >= 15 is 0 Å². The Balaban J connectivity index is 1.76. The second-order valence-corrected chi connectivity index (χ2v) is 6.67. The molecule has 114 valence electrons. The smallest absolute Gasteiger partial charge is 0.520 e. The molecular formula is C16H20B2O4. The van der Waals surface area contributed by atoms with E-state index in [2.05, 4.69) is 13.2 Å². The largest absolute Gasteiger partial charge is 0.632 e. The average Bonchev–Trinajstić information content (AvgIpc) is 2.87. The molecule has 2 aliphatic rings. The molecular weight excluding hydrogens is 278 g/mol. The summed E-state index contributed by atoms with van der Waals surface area (Å²) in [5, 5.41) is 0. The number of rotatable bonds is 2. The number of hydrogen-bond acceptors (Lipinski definition) is 4. The summed E-state index contributed by atoms with van der Waals surface area (Å²) >= 11 is 0. The molecule has 0 bridgehead atoms. The van der Waals surface area contributed by atoms with Gasteiger partial charge in [0.1, 0.15) is 11.5 Å². The van der Waals surface area contributed by atoms with E-state index in [0.29, 0.717) is 11.5 Å².